The lowest BCUT2D eigenvalue weighted by Gasteiger charge is -2.27. The highest BCUT2D eigenvalue weighted by molar-refractivity contribution is 5.91. The van der Waals surface area contributed by atoms with Crippen LogP contribution in [0.1, 0.15) is 43.7 Å². The van der Waals surface area contributed by atoms with Crippen LogP contribution in [0.5, 0.6) is 0 Å². The fourth-order valence-electron chi connectivity index (χ4n) is 5.04. The highest BCUT2D eigenvalue weighted by Gasteiger charge is 2.25. The highest BCUT2D eigenvalue weighted by Crippen LogP contribution is 2.40. The second-order valence-corrected chi connectivity index (χ2v) is 9.20. The zero-order valence-corrected chi connectivity index (χ0v) is 18.3. The Bertz CT molecular complexity index is 1380. The zero-order valence-electron chi connectivity index (χ0n) is 18.3. The third kappa shape index (κ3) is 3.61. The van der Waals surface area contributed by atoms with Crippen molar-refractivity contribution in [2.45, 2.75) is 45.1 Å². The van der Waals surface area contributed by atoms with E-state index in [4.69, 9.17) is 9.97 Å². The molecule has 0 spiro atoms. The number of nitrogens with one attached hydrogen (secondary N) is 1. The predicted molar refractivity (Wildman–Crippen MR) is 124 cm³/mol. The average molecular weight is 444 g/mol. The number of hydrogen-bond acceptors (Lipinski definition) is 5. The fourth-order valence-corrected chi connectivity index (χ4v) is 5.04. The van der Waals surface area contributed by atoms with Crippen LogP contribution in [0, 0.1) is 17.6 Å². The van der Waals surface area contributed by atoms with E-state index in [0.717, 1.165) is 41.0 Å². The molecule has 2 aliphatic carbocycles. The van der Waals surface area contributed by atoms with Crippen LogP contribution in [0.2, 0.25) is 0 Å². The number of nitrogens with zero attached hydrogens (tertiary/aromatic N) is 4. The Morgan fingerprint density at radius 2 is 1.45 bits per heavy atom. The second-order valence-electron chi connectivity index (χ2n) is 9.20. The molecule has 2 aromatic heterocycles. The van der Waals surface area contributed by atoms with Gasteiger partial charge < -0.3 is 5.32 Å². The molecule has 5 nitrogen and oxygen atoms in total. The molecule has 0 bridgehead atoms. The molecular formula is C26H23F2N5. The third-order valence-corrected chi connectivity index (χ3v) is 6.85. The molecule has 0 radical (unpaired) electrons. The molecule has 0 saturated heterocycles. The summed E-state index contributed by atoms with van der Waals surface area (Å²) in [7, 11) is 0. The molecule has 0 atom stereocenters. The van der Waals surface area contributed by atoms with Crippen LogP contribution in [-0.4, -0.2) is 26.0 Å². The standard InChI is InChI=1S/C26H23F2N5/c1-14-2-6-19(7-3-14)31-25-24-26(30-13-29-25)33-23-21-9-5-18(28)12-16(21)10-15-11-17(27)4-8-20(15)22(23)32-24/h4-5,8-9,11-14,19H,2-3,6-7,10H2,1H3,(H,29,30,31,33). The first kappa shape index (κ1) is 20.1. The van der Waals surface area contributed by atoms with E-state index in [1.54, 1.807) is 12.1 Å². The molecule has 2 aliphatic rings. The van der Waals surface area contributed by atoms with Gasteiger partial charge in [0.05, 0.1) is 11.4 Å². The van der Waals surface area contributed by atoms with Gasteiger partial charge in [-0.1, -0.05) is 6.92 Å². The van der Waals surface area contributed by atoms with Crippen molar-refractivity contribution in [1.82, 2.24) is 19.9 Å². The summed E-state index contributed by atoms with van der Waals surface area (Å²) >= 11 is 0. The van der Waals surface area contributed by atoms with Crippen molar-refractivity contribution in [3.8, 4) is 22.5 Å². The van der Waals surface area contributed by atoms with Gasteiger partial charge in [0.15, 0.2) is 17.0 Å². The summed E-state index contributed by atoms with van der Waals surface area (Å²) in [6.07, 6.45) is 6.45. The summed E-state index contributed by atoms with van der Waals surface area (Å²) < 4.78 is 28.2. The number of rotatable bonds is 2. The van der Waals surface area contributed by atoms with Gasteiger partial charge in [-0.15, -0.1) is 0 Å². The van der Waals surface area contributed by atoms with Gasteiger partial charge in [0.25, 0.3) is 0 Å². The van der Waals surface area contributed by atoms with E-state index < -0.39 is 0 Å². The number of anilines is 1. The molecule has 0 amide bonds. The number of halogens is 2. The van der Waals surface area contributed by atoms with Crippen molar-refractivity contribution >= 4 is 17.0 Å². The van der Waals surface area contributed by atoms with Gasteiger partial charge in [-0.3, -0.25) is 0 Å². The molecule has 0 aliphatic heterocycles. The maximum atomic E-state index is 14.1. The van der Waals surface area contributed by atoms with Gasteiger partial charge in [0.2, 0.25) is 0 Å². The Balaban J connectivity index is 1.55. The van der Waals surface area contributed by atoms with E-state index in [2.05, 4.69) is 22.2 Å². The van der Waals surface area contributed by atoms with Gasteiger partial charge in [-0.2, -0.15) is 0 Å². The molecule has 1 fully saturated rings. The van der Waals surface area contributed by atoms with Crippen LogP contribution >= 0.6 is 0 Å². The van der Waals surface area contributed by atoms with Crippen molar-refractivity contribution in [2.75, 3.05) is 5.32 Å². The summed E-state index contributed by atoms with van der Waals surface area (Å²) in [5.41, 5.74) is 5.41. The van der Waals surface area contributed by atoms with Crippen LogP contribution in [0.4, 0.5) is 14.6 Å². The topological polar surface area (TPSA) is 63.6 Å². The van der Waals surface area contributed by atoms with Gasteiger partial charge in [-0.25, -0.2) is 28.7 Å². The summed E-state index contributed by atoms with van der Waals surface area (Å²) in [6.45, 7) is 2.29. The first-order chi connectivity index (χ1) is 16.0. The van der Waals surface area contributed by atoms with Crippen LogP contribution in [0.25, 0.3) is 33.7 Å². The van der Waals surface area contributed by atoms with E-state index in [0.29, 0.717) is 40.8 Å². The summed E-state index contributed by atoms with van der Waals surface area (Å²) in [4.78, 5) is 18.7. The number of fused-ring (bicyclic) bond motifs is 6. The summed E-state index contributed by atoms with van der Waals surface area (Å²) in [5, 5.41) is 3.56. The van der Waals surface area contributed by atoms with Gasteiger partial charge in [0.1, 0.15) is 18.0 Å². The lowest BCUT2D eigenvalue weighted by atomic mass is 9.87. The first-order valence-corrected chi connectivity index (χ1v) is 11.4. The molecular weight excluding hydrogens is 420 g/mol. The first-order valence-electron chi connectivity index (χ1n) is 11.4. The largest absolute Gasteiger partial charge is 0.365 e. The van der Waals surface area contributed by atoms with E-state index >= 15 is 0 Å². The molecule has 33 heavy (non-hydrogen) atoms. The molecule has 7 heteroatoms. The molecule has 4 aromatic rings. The fraction of sp³-hybridized carbons (Fsp3) is 0.308. The van der Waals surface area contributed by atoms with Crippen LogP contribution < -0.4 is 5.32 Å². The Hall–Kier alpha value is -3.48. The summed E-state index contributed by atoms with van der Waals surface area (Å²) in [6, 6.07) is 9.61. The Labute approximate surface area is 190 Å². The van der Waals surface area contributed by atoms with E-state index in [-0.39, 0.29) is 11.6 Å². The van der Waals surface area contributed by atoms with E-state index in [1.807, 2.05) is 0 Å². The van der Waals surface area contributed by atoms with Gasteiger partial charge in [-0.05, 0) is 85.5 Å². The predicted octanol–water partition coefficient (Wildman–Crippen LogP) is 5.93. The van der Waals surface area contributed by atoms with Gasteiger partial charge >= 0.3 is 0 Å². The van der Waals surface area contributed by atoms with Gasteiger partial charge in [0, 0.05) is 17.2 Å². The Morgan fingerprint density at radius 3 is 2.12 bits per heavy atom. The average Bonchev–Trinajstić information content (AvgIpc) is 2.92. The summed E-state index contributed by atoms with van der Waals surface area (Å²) in [5.74, 6) is 0.755. The quantitative estimate of drug-likeness (QED) is 0.367. The molecule has 166 valence electrons. The second kappa shape index (κ2) is 7.83. The molecule has 2 aromatic carbocycles. The lowest BCUT2D eigenvalue weighted by molar-refractivity contribution is 0.361. The SMILES string of the molecule is CC1CCC(Nc2ncnc3nc4c(nc23)-c2ccc(F)cc2Cc2cc(F)ccc2-4)CC1. The molecule has 0 unspecified atom stereocenters. The normalized spacial score (nSPS) is 19.4. The number of benzene rings is 2. The molecule has 1 saturated carbocycles. The smallest absolute Gasteiger partial charge is 0.184 e. The van der Waals surface area contributed by atoms with Crippen molar-refractivity contribution < 1.29 is 8.78 Å². The van der Waals surface area contributed by atoms with Crippen LogP contribution in [0.15, 0.2) is 42.7 Å². The molecule has 6 rings (SSSR count). The van der Waals surface area contributed by atoms with Crippen molar-refractivity contribution in [1.29, 1.82) is 0 Å². The van der Waals surface area contributed by atoms with Crippen molar-refractivity contribution in [3.05, 3.63) is 65.5 Å². The van der Waals surface area contributed by atoms with Crippen molar-refractivity contribution in [3.63, 3.8) is 0 Å². The number of aromatic nitrogens is 4. The Kier molecular flexibility index (Phi) is 4.78. The highest BCUT2D eigenvalue weighted by atomic mass is 19.1. The minimum absolute atomic E-state index is 0.332. The lowest BCUT2D eigenvalue weighted by Crippen LogP contribution is -2.26. The van der Waals surface area contributed by atoms with E-state index in [1.165, 1.54) is 43.4 Å². The maximum absolute atomic E-state index is 14.1. The van der Waals surface area contributed by atoms with E-state index in [9.17, 15) is 8.78 Å². The maximum Gasteiger partial charge on any atom is 0.184 e. The Morgan fingerprint density at radius 1 is 0.818 bits per heavy atom. The minimum Gasteiger partial charge on any atom is -0.365 e. The number of hydrogen-bond donors (Lipinski definition) is 1. The zero-order chi connectivity index (χ0) is 22.5. The minimum atomic E-state index is -0.334. The van der Waals surface area contributed by atoms with Crippen LogP contribution in [0.3, 0.4) is 0 Å². The third-order valence-electron chi connectivity index (χ3n) is 6.85. The molecule has 2 heterocycles. The van der Waals surface area contributed by atoms with Crippen molar-refractivity contribution in [2.24, 2.45) is 5.92 Å². The monoisotopic (exact) mass is 443 g/mol. The van der Waals surface area contributed by atoms with Crippen LogP contribution in [-0.2, 0) is 6.42 Å². The molecule has 1 N–H and O–H groups in total.